The number of piperidine rings is 1. The van der Waals surface area contributed by atoms with E-state index in [4.69, 9.17) is 4.74 Å². The van der Waals surface area contributed by atoms with E-state index < -0.39 is 5.60 Å². The smallest absolute Gasteiger partial charge is 0.410 e. The maximum atomic E-state index is 12.4. The monoisotopic (exact) mass is 445 g/mol. The summed E-state index contributed by atoms with van der Waals surface area (Å²) in [5.74, 6) is 1.22. The highest BCUT2D eigenvalue weighted by molar-refractivity contribution is 5.94. The van der Waals surface area contributed by atoms with Crippen LogP contribution in [-0.2, 0) is 4.74 Å². The van der Waals surface area contributed by atoms with E-state index in [0.29, 0.717) is 31.1 Å². The van der Waals surface area contributed by atoms with Gasteiger partial charge in [-0.25, -0.2) is 4.79 Å². The van der Waals surface area contributed by atoms with Crippen molar-refractivity contribution in [3.63, 3.8) is 0 Å². The van der Waals surface area contributed by atoms with Gasteiger partial charge in [-0.15, -0.1) is 0 Å². The maximum absolute atomic E-state index is 12.4. The molecule has 1 heterocycles. The van der Waals surface area contributed by atoms with Crippen molar-refractivity contribution in [1.82, 2.24) is 20.4 Å². The predicted octanol–water partition coefficient (Wildman–Crippen LogP) is 2.96. The van der Waals surface area contributed by atoms with Gasteiger partial charge in [0.25, 0.3) is 5.91 Å². The maximum Gasteiger partial charge on any atom is 0.410 e. The van der Waals surface area contributed by atoms with Crippen LogP contribution in [0.15, 0.2) is 35.3 Å². The van der Waals surface area contributed by atoms with Crippen LogP contribution in [-0.4, -0.2) is 79.7 Å². The van der Waals surface area contributed by atoms with E-state index in [1.807, 2.05) is 45.9 Å². The number of benzene rings is 1. The summed E-state index contributed by atoms with van der Waals surface area (Å²) in [6.45, 7) is 11.9. The third kappa shape index (κ3) is 8.40. The van der Waals surface area contributed by atoms with E-state index in [1.54, 1.807) is 24.1 Å². The SMILES string of the molecule is CCN(CC1CCN(C(=NC)NCCNC(=O)c2ccccc2)CC1)C(=O)OC(C)(C)C. The first-order valence-corrected chi connectivity index (χ1v) is 11.5. The molecule has 1 aromatic carbocycles. The number of hydrogen-bond acceptors (Lipinski definition) is 4. The Morgan fingerprint density at radius 2 is 1.75 bits per heavy atom. The van der Waals surface area contributed by atoms with Crippen LogP contribution in [0.25, 0.3) is 0 Å². The molecule has 0 saturated carbocycles. The number of ether oxygens (including phenoxy) is 1. The van der Waals surface area contributed by atoms with E-state index in [-0.39, 0.29) is 12.0 Å². The Bertz CT molecular complexity index is 753. The Labute approximate surface area is 192 Å². The van der Waals surface area contributed by atoms with Crippen molar-refractivity contribution in [3.8, 4) is 0 Å². The van der Waals surface area contributed by atoms with Gasteiger partial charge in [0.05, 0.1) is 0 Å². The molecular weight excluding hydrogens is 406 g/mol. The third-order valence-corrected chi connectivity index (χ3v) is 5.37. The molecule has 8 nitrogen and oxygen atoms in total. The van der Waals surface area contributed by atoms with Crippen LogP contribution in [0.1, 0.15) is 50.9 Å². The number of aliphatic imine (C=N–C) groups is 1. The molecule has 1 aromatic rings. The number of guanidine groups is 1. The van der Waals surface area contributed by atoms with Crippen molar-refractivity contribution < 1.29 is 14.3 Å². The second-order valence-corrected chi connectivity index (χ2v) is 9.05. The minimum absolute atomic E-state index is 0.0753. The van der Waals surface area contributed by atoms with Gasteiger partial charge in [-0.3, -0.25) is 9.79 Å². The minimum atomic E-state index is -0.480. The van der Waals surface area contributed by atoms with E-state index >= 15 is 0 Å². The lowest BCUT2D eigenvalue weighted by molar-refractivity contribution is 0.0214. The van der Waals surface area contributed by atoms with Gasteiger partial charge in [0.1, 0.15) is 5.60 Å². The molecule has 0 spiro atoms. The lowest BCUT2D eigenvalue weighted by Crippen LogP contribution is -2.49. The molecule has 1 aliphatic heterocycles. The summed E-state index contributed by atoms with van der Waals surface area (Å²) >= 11 is 0. The summed E-state index contributed by atoms with van der Waals surface area (Å²) in [5, 5.41) is 6.25. The Morgan fingerprint density at radius 1 is 1.12 bits per heavy atom. The fourth-order valence-electron chi connectivity index (χ4n) is 3.67. The molecule has 0 atom stereocenters. The summed E-state index contributed by atoms with van der Waals surface area (Å²) in [6.07, 6.45) is 1.74. The number of nitrogens with one attached hydrogen (secondary N) is 2. The normalized spacial score (nSPS) is 15.3. The Hall–Kier alpha value is -2.77. The summed E-state index contributed by atoms with van der Waals surface area (Å²) < 4.78 is 5.53. The molecule has 8 heteroatoms. The van der Waals surface area contributed by atoms with E-state index in [9.17, 15) is 9.59 Å². The van der Waals surface area contributed by atoms with E-state index in [1.165, 1.54) is 0 Å². The summed E-state index contributed by atoms with van der Waals surface area (Å²) in [7, 11) is 1.78. The molecule has 0 bridgehead atoms. The first kappa shape index (κ1) is 25.5. The van der Waals surface area contributed by atoms with Gasteiger partial charge in [0.15, 0.2) is 5.96 Å². The molecule has 1 fully saturated rings. The largest absolute Gasteiger partial charge is 0.444 e. The number of nitrogens with zero attached hydrogens (tertiary/aromatic N) is 3. The van der Waals surface area contributed by atoms with Crippen LogP contribution in [0.5, 0.6) is 0 Å². The average molecular weight is 446 g/mol. The Morgan fingerprint density at radius 3 is 2.31 bits per heavy atom. The van der Waals surface area contributed by atoms with Gasteiger partial charge in [-0.05, 0) is 58.6 Å². The van der Waals surface area contributed by atoms with Crippen LogP contribution in [0.4, 0.5) is 4.79 Å². The van der Waals surface area contributed by atoms with E-state index in [0.717, 1.165) is 38.4 Å². The first-order valence-electron chi connectivity index (χ1n) is 11.5. The van der Waals surface area contributed by atoms with Crippen LogP contribution in [0.3, 0.4) is 0 Å². The molecule has 2 amide bonds. The molecule has 32 heavy (non-hydrogen) atoms. The number of hydrogen-bond donors (Lipinski definition) is 2. The van der Waals surface area contributed by atoms with Crippen molar-refractivity contribution in [2.75, 3.05) is 46.3 Å². The molecule has 1 aliphatic rings. The summed E-state index contributed by atoms with van der Waals surface area (Å²) in [6, 6.07) is 9.20. The van der Waals surface area contributed by atoms with Gasteiger partial charge < -0.3 is 25.2 Å². The lowest BCUT2D eigenvalue weighted by Gasteiger charge is -2.36. The zero-order chi connectivity index (χ0) is 23.6. The quantitative estimate of drug-likeness (QED) is 0.383. The number of rotatable bonds is 7. The van der Waals surface area contributed by atoms with Crippen molar-refractivity contribution in [1.29, 1.82) is 0 Å². The molecule has 2 N–H and O–H groups in total. The zero-order valence-corrected chi connectivity index (χ0v) is 20.2. The van der Waals surface area contributed by atoms with Gasteiger partial charge in [-0.2, -0.15) is 0 Å². The van der Waals surface area contributed by atoms with Gasteiger partial charge in [0.2, 0.25) is 0 Å². The first-order chi connectivity index (χ1) is 15.2. The fraction of sp³-hybridized carbons (Fsp3) is 0.625. The fourth-order valence-corrected chi connectivity index (χ4v) is 3.67. The standard InChI is InChI=1S/C24H39N5O3/c1-6-28(23(31)32-24(2,3)4)18-19-12-16-29(17-13-19)22(25-5)27-15-14-26-21(30)20-10-8-7-9-11-20/h7-11,19H,6,12-18H2,1-5H3,(H,25,27)(H,26,30). The zero-order valence-electron chi connectivity index (χ0n) is 20.2. The van der Waals surface area contributed by atoms with Gasteiger partial charge in [0, 0.05) is 51.9 Å². The molecule has 0 aliphatic carbocycles. The van der Waals surface area contributed by atoms with Gasteiger partial charge in [-0.1, -0.05) is 18.2 Å². The Balaban J connectivity index is 1.72. The molecular formula is C24H39N5O3. The number of carbonyl (C=O) groups is 2. The highest BCUT2D eigenvalue weighted by atomic mass is 16.6. The summed E-state index contributed by atoms with van der Waals surface area (Å²) in [4.78, 5) is 32.9. The van der Waals surface area contributed by atoms with Crippen molar-refractivity contribution in [2.24, 2.45) is 10.9 Å². The summed E-state index contributed by atoms with van der Waals surface area (Å²) in [5.41, 5.74) is 0.179. The number of likely N-dealkylation sites (tertiary alicyclic amines) is 1. The second kappa shape index (κ2) is 12.3. The highest BCUT2D eigenvalue weighted by Crippen LogP contribution is 2.20. The van der Waals surface area contributed by atoms with Crippen molar-refractivity contribution in [2.45, 2.75) is 46.1 Å². The molecule has 2 rings (SSSR count). The molecule has 178 valence electrons. The van der Waals surface area contributed by atoms with Crippen LogP contribution in [0, 0.1) is 5.92 Å². The second-order valence-electron chi connectivity index (χ2n) is 9.05. The number of amides is 2. The van der Waals surface area contributed by atoms with Crippen LogP contribution in [0.2, 0.25) is 0 Å². The molecule has 0 radical (unpaired) electrons. The molecule has 0 aromatic heterocycles. The predicted molar refractivity (Wildman–Crippen MR) is 128 cm³/mol. The van der Waals surface area contributed by atoms with Crippen LogP contribution < -0.4 is 10.6 Å². The third-order valence-electron chi connectivity index (χ3n) is 5.37. The van der Waals surface area contributed by atoms with E-state index in [2.05, 4.69) is 20.5 Å². The number of carbonyl (C=O) groups excluding carboxylic acids is 2. The minimum Gasteiger partial charge on any atom is -0.444 e. The van der Waals surface area contributed by atoms with Gasteiger partial charge >= 0.3 is 6.09 Å². The highest BCUT2D eigenvalue weighted by Gasteiger charge is 2.27. The topological polar surface area (TPSA) is 86.3 Å². The lowest BCUT2D eigenvalue weighted by atomic mass is 9.96. The van der Waals surface area contributed by atoms with Crippen molar-refractivity contribution in [3.05, 3.63) is 35.9 Å². The Kier molecular flexibility index (Phi) is 9.81. The molecule has 0 unspecified atom stereocenters. The molecule has 1 saturated heterocycles. The van der Waals surface area contributed by atoms with Crippen molar-refractivity contribution >= 4 is 18.0 Å². The van der Waals surface area contributed by atoms with Crippen LogP contribution >= 0.6 is 0 Å². The average Bonchev–Trinajstić information content (AvgIpc) is 2.77.